The highest BCUT2D eigenvalue weighted by Gasteiger charge is 2.27. The van der Waals surface area contributed by atoms with E-state index in [2.05, 4.69) is 6.07 Å². The zero-order valence-corrected chi connectivity index (χ0v) is 11.9. The van der Waals surface area contributed by atoms with Crippen LogP contribution in [-0.4, -0.2) is 25.1 Å². The predicted octanol–water partition coefficient (Wildman–Crippen LogP) is 0.963. The lowest BCUT2D eigenvalue weighted by molar-refractivity contribution is -0.115. The number of benzene rings is 1. The zero-order valence-electron chi connectivity index (χ0n) is 10.3. The van der Waals surface area contributed by atoms with Crippen molar-refractivity contribution in [3.05, 3.63) is 29.6 Å². The summed E-state index contributed by atoms with van der Waals surface area (Å²) in [4.78, 5) is 11.4. The largest absolute Gasteiger partial charge is 0.389 e. The minimum absolute atomic E-state index is 0.0292. The number of nitrogens with zero attached hydrogens (tertiary/aromatic N) is 1. The van der Waals surface area contributed by atoms with Crippen LogP contribution < -0.4 is 10.0 Å². The maximum atomic E-state index is 13.1. The Kier molecular flexibility index (Phi) is 4.59. The highest BCUT2D eigenvalue weighted by molar-refractivity contribution is 7.93. The molecule has 2 N–H and O–H groups in total. The molecule has 1 aromatic rings. The Labute approximate surface area is 116 Å². The number of anilines is 1. The van der Waals surface area contributed by atoms with Crippen LogP contribution >= 0.6 is 12.2 Å². The van der Waals surface area contributed by atoms with Gasteiger partial charge in [-0.1, -0.05) is 12.2 Å². The van der Waals surface area contributed by atoms with Gasteiger partial charge in [-0.05, 0) is 19.1 Å². The molecule has 0 bridgehead atoms. The van der Waals surface area contributed by atoms with Gasteiger partial charge < -0.3 is 5.73 Å². The number of halogens is 1. The first-order chi connectivity index (χ1) is 8.70. The van der Waals surface area contributed by atoms with Crippen LogP contribution in [0.4, 0.5) is 10.1 Å². The first kappa shape index (κ1) is 15.5. The lowest BCUT2D eigenvalue weighted by Crippen LogP contribution is -2.37. The summed E-state index contributed by atoms with van der Waals surface area (Å²) in [7, 11) is -3.86. The number of hydrogen-bond acceptors (Lipinski definition) is 4. The van der Waals surface area contributed by atoms with Crippen LogP contribution in [0.25, 0.3) is 0 Å². The van der Waals surface area contributed by atoms with Gasteiger partial charge >= 0.3 is 0 Å². The van der Waals surface area contributed by atoms with Gasteiger partial charge in [0.25, 0.3) is 0 Å². The van der Waals surface area contributed by atoms with Crippen LogP contribution in [0, 0.1) is 11.9 Å². The average Bonchev–Trinajstić information content (AvgIpc) is 2.30. The van der Waals surface area contributed by atoms with Gasteiger partial charge in [0.15, 0.2) is 0 Å². The summed E-state index contributed by atoms with van der Waals surface area (Å²) < 4.78 is 37.5. The second-order valence-electron chi connectivity index (χ2n) is 3.63. The minimum atomic E-state index is -3.86. The van der Waals surface area contributed by atoms with Crippen LogP contribution in [0.5, 0.6) is 0 Å². The van der Waals surface area contributed by atoms with Crippen molar-refractivity contribution in [1.29, 1.82) is 0 Å². The predicted molar refractivity (Wildman–Crippen MR) is 73.7 cm³/mol. The molecule has 19 heavy (non-hydrogen) atoms. The third kappa shape index (κ3) is 3.27. The first-order valence-corrected chi connectivity index (χ1v) is 7.27. The van der Waals surface area contributed by atoms with Gasteiger partial charge in [0.1, 0.15) is 10.8 Å². The van der Waals surface area contributed by atoms with Crippen LogP contribution in [-0.2, 0) is 14.8 Å². The number of nitrogens with two attached hydrogens (primary N) is 1. The fourth-order valence-corrected chi connectivity index (χ4v) is 2.73. The topological polar surface area (TPSA) is 80.5 Å². The second-order valence-corrected chi connectivity index (χ2v) is 6.17. The fraction of sp³-hybridized carbons (Fsp3) is 0.273. The summed E-state index contributed by atoms with van der Waals surface area (Å²) in [5.41, 5.74) is 5.30. The van der Waals surface area contributed by atoms with Crippen molar-refractivity contribution in [1.82, 2.24) is 0 Å². The Morgan fingerprint density at radius 1 is 1.58 bits per heavy atom. The summed E-state index contributed by atoms with van der Waals surface area (Å²) in [6.07, 6.45) is 0. The van der Waals surface area contributed by atoms with Crippen LogP contribution in [0.2, 0.25) is 0 Å². The van der Waals surface area contributed by atoms with E-state index in [9.17, 15) is 17.6 Å². The van der Waals surface area contributed by atoms with E-state index >= 15 is 0 Å². The number of carbonyl (C=O) groups is 1. The molecular formula is C11H12FN2O3S2. The number of hydrogen-bond donors (Lipinski definition) is 1. The standard InChI is InChI=1S/C11H12FN2O3S2/c1-3-19(16,17)14(7(2)15)10-5-4-8(12)6-9(10)11(13)18/h5-6H,3H2,1-2H3,(H2,13,18). The van der Waals surface area contributed by atoms with Gasteiger partial charge in [-0.2, -0.15) is 0 Å². The molecule has 0 saturated heterocycles. The quantitative estimate of drug-likeness (QED) is 0.838. The fourth-order valence-electron chi connectivity index (χ4n) is 1.47. The van der Waals surface area contributed by atoms with Crippen molar-refractivity contribution < 1.29 is 17.6 Å². The second kappa shape index (κ2) is 5.62. The molecule has 0 heterocycles. The van der Waals surface area contributed by atoms with E-state index in [-0.39, 0.29) is 22.0 Å². The summed E-state index contributed by atoms with van der Waals surface area (Å²) >= 11 is 4.74. The van der Waals surface area contributed by atoms with E-state index in [0.29, 0.717) is 4.31 Å². The molecule has 0 atom stereocenters. The molecular weight excluding hydrogens is 291 g/mol. The third-order valence-corrected chi connectivity index (χ3v) is 4.27. The number of amides is 1. The van der Waals surface area contributed by atoms with Gasteiger partial charge in [0.2, 0.25) is 15.9 Å². The monoisotopic (exact) mass is 303 g/mol. The third-order valence-electron chi connectivity index (χ3n) is 2.31. The molecule has 8 heteroatoms. The van der Waals surface area contributed by atoms with E-state index in [4.69, 9.17) is 18.0 Å². The molecule has 0 saturated carbocycles. The van der Waals surface area contributed by atoms with E-state index in [1.54, 1.807) is 0 Å². The van der Waals surface area contributed by atoms with Gasteiger partial charge in [0, 0.05) is 18.6 Å². The SMILES string of the molecule is CCS(=O)(=O)N(C(C)=O)c1c[c]c(F)cc1C(N)=S. The minimum Gasteiger partial charge on any atom is -0.389 e. The van der Waals surface area contributed by atoms with Gasteiger partial charge in [0.05, 0.1) is 11.4 Å². The Bertz CT molecular complexity index is 629. The van der Waals surface area contributed by atoms with Gasteiger partial charge in [-0.3, -0.25) is 4.79 Å². The highest BCUT2D eigenvalue weighted by Crippen LogP contribution is 2.24. The Morgan fingerprint density at radius 3 is 2.58 bits per heavy atom. The van der Waals surface area contributed by atoms with Crippen molar-refractivity contribution in [2.45, 2.75) is 13.8 Å². The highest BCUT2D eigenvalue weighted by atomic mass is 32.2. The summed E-state index contributed by atoms with van der Waals surface area (Å²) in [6, 6.07) is 4.17. The van der Waals surface area contributed by atoms with Crippen molar-refractivity contribution in [3.63, 3.8) is 0 Å². The van der Waals surface area contributed by atoms with Crippen molar-refractivity contribution in [2.75, 3.05) is 10.1 Å². The molecule has 0 aromatic heterocycles. The Balaban J connectivity index is 3.57. The maximum absolute atomic E-state index is 13.1. The van der Waals surface area contributed by atoms with Gasteiger partial charge in [-0.25, -0.2) is 17.1 Å². The molecule has 0 spiro atoms. The lowest BCUT2D eigenvalue weighted by atomic mass is 10.1. The van der Waals surface area contributed by atoms with Crippen LogP contribution in [0.15, 0.2) is 12.1 Å². The molecule has 0 fully saturated rings. The summed E-state index contributed by atoms with van der Waals surface area (Å²) in [5, 5.41) is 0. The Hall–Kier alpha value is -1.54. The number of sulfonamides is 1. The van der Waals surface area contributed by atoms with Crippen molar-refractivity contribution >= 4 is 38.8 Å². The van der Waals surface area contributed by atoms with Crippen molar-refractivity contribution in [2.24, 2.45) is 5.73 Å². The molecule has 103 valence electrons. The van der Waals surface area contributed by atoms with E-state index in [1.807, 2.05) is 0 Å². The molecule has 0 aliphatic carbocycles. The van der Waals surface area contributed by atoms with E-state index in [1.165, 1.54) is 6.92 Å². The number of carbonyl (C=O) groups excluding carboxylic acids is 1. The summed E-state index contributed by atoms with van der Waals surface area (Å²) in [6.45, 7) is 2.47. The van der Waals surface area contributed by atoms with Gasteiger partial charge in [-0.15, -0.1) is 0 Å². The van der Waals surface area contributed by atoms with Crippen LogP contribution in [0.1, 0.15) is 19.4 Å². The molecule has 0 aliphatic heterocycles. The van der Waals surface area contributed by atoms with Crippen molar-refractivity contribution in [3.8, 4) is 0 Å². The average molecular weight is 303 g/mol. The zero-order chi connectivity index (χ0) is 14.8. The molecule has 0 aliphatic rings. The number of thiocarbonyl (C=S) groups is 1. The molecule has 1 radical (unpaired) electrons. The van der Waals surface area contributed by atoms with E-state index in [0.717, 1.165) is 19.1 Å². The van der Waals surface area contributed by atoms with E-state index < -0.39 is 21.7 Å². The Morgan fingerprint density at radius 2 is 2.16 bits per heavy atom. The molecule has 1 rings (SSSR count). The molecule has 1 amide bonds. The van der Waals surface area contributed by atoms with Crippen LogP contribution in [0.3, 0.4) is 0 Å². The molecule has 5 nitrogen and oxygen atoms in total. The first-order valence-electron chi connectivity index (χ1n) is 5.25. The summed E-state index contributed by atoms with van der Waals surface area (Å²) in [5.74, 6) is -1.77. The maximum Gasteiger partial charge on any atom is 0.241 e. The number of rotatable bonds is 4. The lowest BCUT2D eigenvalue weighted by Gasteiger charge is -2.22. The molecule has 0 unspecified atom stereocenters. The smallest absolute Gasteiger partial charge is 0.241 e. The molecule has 1 aromatic carbocycles. The normalized spacial score (nSPS) is 11.1.